The molecule has 0 aromatic carbocycles. The molecule has 0 aliphatic rings. The zero-order chi connectivity index (χ0) is 7.40. The zero-order valence-electron chi connectivity index (χ0n) is 5.74. The quantitative estimate of drug-likeness (QED) is 0.684. The van der Waals surface area contributed by atoms with Crippen LogP contribution in [0.1, 0.15) is 0 Å². The van der Waals surface area contributed by atoms with Gasteiger partial charge in [-0.15, -0.1) is 0 Å². The van der Waals surface area contributed by atoms with E-state index in [1.807, 2.05) is 0 Å². The Kier molecular flexibility index (Phi) is 3.65. The summed E-state index contributed by atoms with van der Waals surface area (Å²) < 4.78 is 2.09. The normalized spacial score (nSPS) is 9.80. The molecule has 0 amide bonds. The van der Waals surface area contributed by atoms with E-state index in [4.69, 9.17) is 0 Å². The van der Waals surface area contributed by atoms with Gasteiger partial charge in [0.1, 0.15) is 0 Å². The summed E-state index contributed by atoms with van der Waals surface area (Å²) in [5.74, 6) is 0. The van der Waals surface area contributed by atoms with Gasteiger partial charge in [0.25, 0.3) is 0 Å². The Morgan fingerprint density at radius 3 is 2.00 bits per heavy atom. The Morgan fingerprint density at radius 2 is 1.60 bits per heavy atom. The van der Waals surface area contributed by atoms with E-state index in [0.717, 1.165) is 8.43 Å². The first-order chi connectivity index (χ1) is 4.86. The molecule has 1 rings (SSSR count). The number of aromatic nitrogens is 3. The van der Waals surface area contributed by atoms with Crippen LogP contribution in [0.5, 0.6) is 0 Å². The summed E-state index contributed by atoms with van der Waals surface area (Å²) in [7, 11) is 0. The van der Waals surface area contributed by atoms with Gasteiger partial charge in [-0.2, -0.15) is 0 Å². The predicted molar refractivity (Wildman–Crippen MR) is 30.8 cm³/mol. The molecule has 0 bridgehead atoms. The molecule has 5 heteroatoms. The Hall–Kier alpha value is 0.387. The van der Waals surface area contributed by atoms with Crippen molar-refractivity contribution in [3.8, 4) is 0 Å². The van der Waals surface area contributed by atoms with Crippen LogP contribution in [0.4, 0.5) is 0 Å². The predicted octanol–water partition coefficient (Wildman–Crippen LogP) is -0.617. The summed E-state index contributed by atoms with van der Waals surface area (Å²) in [6.07, 6.45) is 1.64. The molecule has 0 unspecified atom stereocenters. The van der Waals surface area contributed by atoms with E-state index in [2.05, 4.69) is 25.6 Å². The topological polar surface area (TPSA) is 38.7 Å². The third kappa shape index (κ3) is 2.21. The minimum absolute atomic E-state index is 0.111. The summed E-state index contributed by atoms with van der Waals surface area (Å²) in [5, 5.41) is 4.36. The average Bonchev–Trinajstić information content (AvgIpc) is 2.05. The molecule has 0 saturated heterocycles. The van der Waals surface area contributed by atoms with Gasteiger partial charge in [0.15, 0.2) is 0 Å². The SMILES string of the molecule is [CH3][Mo][c]1ncn[c]([Mo][CH3])n1. The van der Waals surface area contributed by atoms with E-state index in [0.29, 0.717) is 0 Å². The van der Waals surface area contributed by atoms with Crippen molar-refractivity contribution < 1.29 is 37.1 Å². The first kappa shape index (κ1) is 8.48. The van der Waals surface area contributed by atoms with Gasteiger partial charge in [-0.05, 0) is 0 Å². The van der Waals surface area contributed by atoms with Crippen molar-refractivity contribution in [1.82, 2.24) is 15.0 Å². The van der Waals surface area contributed by atoms with E-state index < -0.39 is 0 Å². The van der Waals surface area contributed by atoms with Gasteiger partial charge in [-0.25, -0.2) is 0 Å². The Labute approximate surface area is 77.1 Å². The summed E-state index contributed by atoms with van der Waals surface area (Å²) in [4.78, 5) is 12.4. The fourth-order valence-electron chi connectivity index (χ4n) is 0.464. The average molecular weight is 301 g/mol. The third-order valence-corrected chi connectivity index (χ3v) is 3.65. The van der Waals surface area contributed by atoms with E-state index in [-0.39, 0.29) is 37.1 Å². The van der Waals surface area contributed by atoms with Gasteiger partial charge in [-0.1, -0.05) is 0 Å². The number of rotatable bonds is 2. The molecular weight excluding hydrogens is 294 g/mol. The Bertz CT molecular complexity index is 197. The van der Waals surface area contributed by atoms with Crippen LogP contribution in [0.25, 0.3) is 0 Å². The molecule has 0 radical (unpaired) electrons. The molecule has 0 N–H and O–H groups in total. The zero-order valence-corrected chi connectivity index (χ0v) is 9.75. The maximum atomic E-state index is 4.30. The summed E-state index contributed by atoms with van der Waals surface area (Å²) in [5.41, 5.74) is 0. The molecule has 54 valence electrons. The summed E-state index contributed by atoms with van der Waals surface area (Å²) in [6, 6.07) is 0. The van der Waals surface area contributed by atoms with Crippen molar-refractivity contribution in [3.05, 3.63) is 6.33 Å². The van der Waals surface area contributed by atoms with Crippen molar-refractivity contribution >= 4 is 8.43 Å². The summed E-state index contributed by atoms with van der Waals surface area (Å²) in [6.45, 7) is 0. The van der Waals surface area contributed by atoms with Gasteiger partial charge >= 0.3 is 77.5 Å². The van der Waals surface area contributed by atoms with Crippen LogP contribution < -0.4 is 8.43 Å². The van der Waals surface area contributed by atoms with Gasteiger partial charge in [0.05, 0.1) is 0 Å². The molecule has 0 saturated carbocycles. The molecule has 0 fully saturated rings. The second kappa shape index (κ2) is 4.30. The first-order valence-electron chi connectivity index (χ1n) is 2.64. The molecule has 10 heavy (non-hydrogen) atoms. The number of nitrogens with zero attached hydrogens (tertiary/aromatic N) is 3. The van der Waals surface area contributed by atoms with Crippen molar-refractivity contribution in [2.24, 2.45) is 0 Å². The van der Waals surface area contributed by atoms with Crippen molar-refractivity contribution in [3.63, 3.8) is 0 Å². The van der Waals surface area contributed by atoms with Crippen LogP contribution in [-0.4, -0.2) is 15.0 Å². The molecule has 0 aliphatic heterocycles. The van der Waals surface area contributed by atoms with Crippen LogP contribution in [0.15, 0.2) is 6.33 Å². The van der Waals surface area contributed by atoms with Crippen LogP contribution >= 0.6 is 0 Å². The first-order valence-corrected chi connectivity index (χ1v) is 8.66. The van der Waals surface area contributed by atoms with Crippen LogP contribution in [-0.2, 0) is 37.1 Å². The van der Waals surface area contributed by atoms with E-state index in [9.17, 15) is 0 Å². The van der Waals surface area contributed by atoms with Crippen molar-refractivity contribution in [2.45, 2.75) is 10.6 Å². The Morgan fingerprint density at radius 1 is 1.10 bits per heavy atom. The van der Waals surface area contributed by atoms with Crippen molar-refractivity contribution in [2.75, 3.05) is 0 Å². The van der Waals surface area contributed by atoms with Crippen molar-refractivity contribution in [1.29, 1.82) is 0 Å². The second-order valence-corrected chi connectivity index (χ2v) is 5.26. The number of hydrogen-bond acceptors (Lipinski definition) is 3. The summed E-state index contributed by atoms with van der Waals surface area (Å²) >= 11 is -0.223. The van der Waals surface area contributed by atoms with E-state index in [1.54, 1.807) is 6.33 Å². The molecule has 0 aliphatic carbocycles. The maximum absolute atomic E-state index is 4.30. The Balaban J connectivity index is 2.87. The van der Waals surface area contributed by atoms with E-state index in [1.165, 1.54) is 0 Å². The van der Waals surface area contributed by atoms with Gasteiger partial charge in [0, 0.05) is 0 Å². The van der Waals surface area contributed by atoms with Gasteiger partial charge in [0.2, 0.25) is 0 Å². The van der Waals surface area contributed by atoms with Crippen LogP contribution in [0.3, 0.4) is 0 Å². The monoisotopic (exact) mass is 305 g/mol. The molecule has 0 spiro atoms. The number of hydrogen-bond donors (Lipinski definition) is 0. The molecular formula is C5H7Mo2N3. The van der Waals surface area contributed by atoms with Gasteiger partial charge in [-0.3, -0.25) is 0 Å². The standard InChI is InChI=1S/C3HN3.2CH3.2Mo/c1-4-2-6-3-5-1;;;;/h1H;2*1H3;;. The van der Waals surface area contributed by atoms with E-state index >= 15 is 0 Å². The molecule has 1 aromatic rings. The fraction of sp³-hybridized carbons (Fsp3) is 0.400. The van der Waals surface area contributed by atoms with Gasteiger partial charge < -0.3 is 0 Å². The molecule has 0 atom stereocenters. The second-order valence-electron chi connectivity index (χ2n) is 1.46. The fourth-order valence-corrected chi connectivity index (χ4v) is 2.50. The minimum atomic E-state index is -0.111. The van der Waals surface area contributed by atoms with Crippen LogP contribution in [0, 0.1) is 0 Å². The third-order valence-electron chi connectivity index (χ3n) is 0.893. The molecule has 1 heterocycles. The van der Waals surface area contributed by atoms with Crippen LogP contribution in [0.2, 0.25) is 10.6 Å². The molecule has 3 nitrogen and oxygen atoms in total. The molecule has 1 aromatic heterocycles.